The summed E-state index contributed by atoms with van der Waals surface area (Å²) in [6.45, 7) is 7.28. The van der Waals surface area contributed by atoms with Gasteiger partial charge in [0.05, 0.1) is 0 Å². The van der Waals surface area contributed by atoms with Crippen molar-refractivity contribution in [1.29, 1.82) is 0 Å². The van der Waals surface area contributed by atoms with Gasteiger partial charge < -0.3 is 15.5 Å². The first-order valence-electron chi connectivity index (χ1n) is 8.99. The minimum Gasteiger partial charge on any atom is -0.356 e. The van der Waals surface area contributed by atoms with Gasteiger partial charge in [-0.3, -0.25) is 9.59 Å². The van der Waals surface area contributed by atoms with Crippen LogP contribution in [0.25, 0.3) is 0 Å². The van der Waals surface area contributed by atoms with Gasteiger partial charge in [-0.1, -0.05) is 35.8 Å². The molecule has 1 saturated heterocycles. The summed E-state index contributed by atoms with van der Waals surface area (Å²) < 4.78 is 0.951. The molecule has 1 aliphatic rings. The maximum atomic E-state index is 12.1. The van der Waals surface area contributed by atoms with Gasteiger partial charge in [-0.25, -0.2) is 0 Å². The third-order valence-electron chi connectivity index (χ3n) is 4.46. The molecule has 0 spiro atoms. The minimum atomic E-state index is 0.0291. The fourth-order valence-corrected chi connectivity index (χ4v) is 3.42. The number of carbonyl (C=O) groups excluding carboxylic acids is 2. The second-order valence-electron chi connectivity index (χ2n) is 7.02. The summed E-state index contributed by atoms with van der Waals surface area (Å²) in [7, 11) is 0. The van der Waals surface area contributed by atoms with Crippen molar-refractivity contribution in [2.24, 2.45) is 11.8 Å². The summed E-state index contributed by atoms with van der Waals surface area (Å²) in [5.41, 5.74) is 0.812. The minimum absolute atomic E-state index is 0.0291. The number of hydrogen-bond acceptors (Lipinski definition) is 3. The Morgan fingerprint density at radius 2 is 2.16 bits per heavy atom. The highest BCUT2D eigenvalue weighted by Crippen LogP contribution is 2.17. The van der Waals surface area contributed by atoms with E-state index in [4.69, 9.17) is 0 Å². The molecule has 6 heteroatoms. The Labute approximate surface area is 158 Å². The third kappa shape index (κ3) is 7.16. The normalized spacial score (nSPS) is 18.2. The average molecular weight is 410 g/mol. The Kier molecular flexibility index (Phi) is 7.90. The summed E-state index contributed by atoms with van der Waals surface area (Å²) in [6, 6.07) is 7.62. The van der Waals surface area contributed by atoms with Crippen LogP contribution < -0.4 is 10.6 Å². The molecule has 1 aromatic carbocycles. The first-order chi connectivity index (χ1) is 11.9. The number of nitrogens with zero attached hydrogens (tertiary/aromatic N) is 1. The molecule has 0 bridgehead atoms. The Balaban J connectivity index is 1.71. The molecule has 1 unspecified atom stereocenters. The molecular weight excluding hydrogens is 382 g/mol. The zero-order chi connectivity index (χ0) is 18.2. The van der Waals surface area contributed by atoms with Gasteiger partial charge in [-0.05, 0) is 43.5 Å². The van der Waals surface area contributed by atoms with Crippen LogP contribution >= 0.6 is 15.9 Å². The molecular formula is C19H28BrN3O2. The fraction of sp³-hybridized carbons (Fsp3) is 0.579. The number of halogens is 1. The molecule has 0 saturated carbocycles. The molecule has 0 radical (unpaired) electrons. The molecule has 0 aliphatic carbocycles. The Bertz CT molecular complexity index is 592. The van der Waals surface area contributed by atoms with Crippen LogP contribution in [-0.4, -0.2) is 42.9 Å². The van der Waals surface area contributed by atoms with Crippen molar-refractivity contribution in [2.75, 3.05) is 31.5 Å². The predicted molar refractivity (Wildman–Crippen MR) is 104 cm³/mol. The second-order valence-corrected chi connectivity index (χ2v) is 7.93. The Morgan fingerprint density at radius 1 is 1.36 bits per heavy atom. The topological polar surface area (TPSA) is 61.4 Å². The average Bonchev–Trinajstić information content (AvgIpc) is 2.58. The lowest BCUT2D eigenvalue weighted by Crippen LogP contribution is -2.42. The highest BCUT2D eigenvalue weighted by molar-refractivity contribution is 9.10. The molecule has 25 heavy (non-hydrogen) atoms. The zero-order valence-electron chi connectivity index (χ0n) is 15.1. The summed E-state index contributed by atoms with van der Waals surface area (Å²) in [6.07, 6.45) is 2.74. The van der Waals surface area contributed by atoms with Gasteiger partial charge in [0, 0.05) is 42.1 Å². The molecule has 138 valence electrons. The van der Waals surface area contributed by atoms with E-state index in [1.807, 2.05) is 38.1 Å². The highest BCUT2D eigenvalue weighted by atomic mass is 79.9. The van der Waals surface area contributed by atoms with Crippen LogP contribution in [0.2, 0.25) is 0 Å². The second kappa shape index (κ2) is 9.92. The number of benzene rings is 1. The highest BCUT2D eigenvalue weighted by Gasteiger charge is 2.21. The Morgan fingerprint density at radius 3 is 2.88 bits per heavy atom. The maximum absolute atomic E-state index is 12.1. The molecule has 1 aromatic rings. The third-order valence-corrected chi connectivity index (χ3v) is 4.95. The van der Waals surface area contributed by atoms with Crippen LogP contribution in [0.4, 0.5) is 5.69 Å². The summed E-state index contributed by atoms with van der Waals surface area (Å²) >= 11 is 3.40. The van der Waals surface area contributed by atoms with Crippen molar-refractivity contribution in [3.63, 3.8) is 0 Å². The number of carbonyl (C=O) groups is 2. The summed E-state index contributed by atoms with van der Waals surface area (Å²) in [5.74, 6) is 0.657. The number of amides is 2. The molecule has 2 N–H and O–H groups in total. The van der Waals surface area contributed by atoms with E-state index in [9.17, 15) is 9.59 Å². The largest absolute Gasteiger partial charge is 0.356 e. The first kappa shape index (κ1) is 19.9. The molecule has 1 heterocycles. The van der Waals surface area contributed by atoms with E-state index in [1.165, 1.54) is 0 Å². The van der Waals surface area contributed by atoms with Crippen LogP contribution in [0.5, 0.6) is 0 Å². The van der Waals surface area contributed by atoms with Gasteiger partial charge in [0.15, 0.2) is 0 Å². The first-order valence-corrected chi connectivity index (χ1v) is 9.79. The fourth-order valence-electron chi connectivity index (χ4n) is 3.02. The summed E-state index contributed by atoms with van der Waals surface area (Å²) in [4.78, 5) is 26.2. The van der Waals surface area contributed by atoms with E-state index >= 15 is 0 Å². The van der Waals surface area contributed by atoms with Gasteiger partial charge in [-0.15, -0.1) is 0 Å². The predicted octanol–water partition coefficient (Wildman–Crippen LogP) is 3.26. The van der Waals surface area contributed by atoms with Crippen LogP contribution in [0, 0.1) is 11.8 Å². The lowest BCUT2D eigenvalue weighted by molar-refractivity contribution is -0.124. The monoisotopic (exact) mass is 409 g/mol. The van der Waals surface area contributed by atoms with E-state index in [-0.39, 0.29) is 17.7 Å². The van der Waals surface area contributed by atoms with Crippen LogP contribution in [0.15, 0.2) is 28.7 Å². The molecule has 1 aliphatic heterocycles. The van der Waals surface area contributed by atoms with Crippen molar-refractivity contribution in [3.05, 3.63) is 28.7 Å². The van der Waals surface area contributed by atoms with E-state index < -0.39 is 0 Å². The van der Waals surface area contributed by atoms with E-state index in [0.29, 0.717) is 12.3 Å². The number of nitrogens with one attached hydrogen (secondary N) is 2. The molecule has 0 aromatic heterocycles. The van der Waals surface area contributed by atoms with Crippen molar-refractivity contribution < 1.29 is 9.59 Å². The lowest BCUT2D eigenvalue weighted by atomic mass is 9.97. The van der Waals surface area contributed by atoms with Crippen molar-refractivity contribution in [2.45, 2.75) is 33.1 Å². The van der Waals surface area contributed by atoms with E-state index in [1.54, 1.807) is 0 Å². The van der Waals surface area contributed by atoms with Gasteiger partial charge in [0.1, 0.15) is 0 Å². The van der Waals surface area contributed by atoms with Crippen molar-refractivity contribution in [3.8, 4) is 0 Å². The molecule has 5 nitrogen and oxygen atoms in total. The van der Waals surface area contributed by atoms with Crippen LogP contribution in [0.1, 0.15) is 33.1 Å². The molecule has 2 rings (SSSR count). The number of anilines is 1. The summed E-state index contributed by atoms with van der Waals surface area (Å²) in [5, 5.41) is 5.96. The van der Waals surface area contributed by atoms with Gasteiger partial charge >= 0.3 is 0 Å². The van der Waals surface area contributed by atoms with Gasteiger partial charge in [-0.2, -0.15) is 0 Å². The molecule has 2 amide bonds. The SMILES string of the molecule is CC(C)C(=O)NCC1CCCN(CCC(=O)Nc2cccc(Br)c2)C1. The number of rotatable bonds is 7. The number of hydrogen-bond donors (Lipinski definition) is 2. The van der Waals surface area contributed by atoms with E-state index in [0.717, 1.165) is 49.2 Å². The van der Waals surface area contributed by atoms with Crippen molar-refractivity contribution >= 4 is 33.4 Å². The van der Waals surface area contributed by atoms with Crippen LogP contribution in [0.3, 0.4) is 0 Å². The van der Waals surface area contributed by atoms with Crippen LogP contribution in [-0.2, 0) is 9.59 Å². The van der Waals surface area contributed by atoms with Gasteiger partial charge in [0.2, 0.25) is 11.8 Å². The maximum Gasteiger partial charge on any atom is 0.225 e. The smallest absolute Gasteiger partial charge is 0.225 e. The molecule has 1 fully saturated rings. The number of piperidine rings is 1. The molecule has 1 atom stereocenters. The van der Waals surface area contributed by atoms with Crippen molar-refractivity contribution in [1.82, 2.24) is 10.2 Å². The standard InChI is InChI=1S/C19H28BrN3O2/c1-14(2)19(25)21-12-15-5-4-9-23(13-15)10-8-18(24)22-17-7-3-6-16(20)11-17/h3,6-7,11,14-15H,4-5,8-10,12-13H2,1-2H3,(H,21,25)(H,22,24). The number of likely N-dealkylation sites (tertiary alicyclic amines) is 1. The zero-order valence-corrected chi connectivity index (χ0v) is 16.6. The van der Waals surface area contributed by atoms with E-state index in [2.05, 4.69) is 31.5 Å². The quantitative estimate of drug-likeness (QED) is 0.726. The van der Waals surface area contributed by atoms with Gasteiger partial charge in [0.25, 0.3) is 0 Å². The lowest BCUT2D eigenvalue weighted by Gasteiger charge is -2.32. The Hall–Kier alpha value is -1.40.